The molecule has 3 rings (SSSR count). The third-order valence-electron chi connectivity index (χ3n) is 3.46. The molecule has 1 aliphatic rings. The molecular formula is C14H18N2OS. The summed E-state index contributed by atoms with van der Waals surface area (Å²) in [4.78, 5) is 4.62. The second-order valence-corrected chi connectivity index (χ2v) is 5.73. The van der Waals surface area contributed by atoms with Crippen LogP contribution in [0.1, 0.15) is 26.2 Å². The lowest BCUT2D eigenvalue weighted by Gasteiger charge is -2.22. The molecule has 1 aromatic heterocycles. The fraction of sp³-hybridized carbons (Fsp3) is 0.500. The molecule has 0 saturated carbocycles. The lowest BCUT2D eigenvalue weighted by atomic mass is 10.1. The molecule has 96 valence electrons. The Kier molecular flexibility index (Phi) is 3.48. The summed E-state index contributed by atoms with van der Waals surface area (Å²) in [7, 11) is 0. The van der Waals surface area contributed by atoms with Gasteiger partial charge < -0.3 is 10.1 Å². The van der Waals surface area contributed by atoms with Crippen LogP contribution in [0.15, 0.2) is 24.3 Å². The monoisotopic (exact) mass is 262 g/mol. The molecule has 0 radical (unpaired) electrons. The predicted octanol–water partition coefficient (Wildman–Crippen LogP) is 3.67. The van der Waals surface area contributed by atoms with Gasteiger partial charge in [0.25, 0.3) is 0 Å². The maximum atomic E-state index is 5.77. The van der Waals surface area contributed by atoms with Crippen molar-refractivity contribution in [1.29, 1.82) is 0 Å². The molecule has 0 bridgehead atoms. The van der Waals surface area contributed by atoms with Gasteiger partial charge >= 0.3 is 0 Å². The van der Waals surface area contributed by atoms with Crippen LogP contribution in [-0.4, -0.2) is 23.7 Å². The van der Waals surface area contributed by atoms with E-state index in [0.717, 1.165) is 30.1 Å². The van der Waals surface area contributed by atoms with E-state index in [1.807, 2.05) is 6.07 Å². The highest BCUT2D eigenvalue weighted by molar-refractivity contribution is 7.22. The van der Waals surface area contributed by atoms with Gasteiger partial charge in [-0.2, -0.15) is 0 Å². The van der Waals surface area contributed by atoms with Crippen LogP contribution < -0.4 is 5.32 Å². The van der Waals surface area contributed by atoms with Crippen molar-refractivity contribution in [2.24, 2.45) is 0 Å². The molecule has 4 heteroatoms. The molecule has 0 aliphatic carbocycles. The standard InChI is InChI=1S/C14H18N2OS/c1-2-10(12-7-5-9-17-12)15-14-16-11-6-3-4-8-13(11)18-14/h3-4,6,8,10,12H,2,5,7,9H2,1H3,(H,15,16). The average Bonchev–Trinajstić information content (AvgIpc) is 3.04. The highest BCUT2D eigenvalue weighted by Crippen LogP contribution is 2.28. The van der Waals surface area contributed by atoms with Gasteiger partial charge in [-0.05, 0) is 31.4 Å². The number of fused-ring (bicyclic) bond motifs is 1. The van der Waals surface area contributed by atoms with Gasteiger partial charge in [-0.1, -0.05) is 30.4 Å². The molecule has 1 N–H and O–H groups in total. The zero-order chi connectivity index (χ0) is 12.4. The summed E-state index contributed by atoms with van der Waals surface area (Å²) in [5.74, 6) is 0. The highest BCUT2D eigenvalue weighted by Gasteiger charge is 2.25. The Balaban J connectivity index is 1.77. The third-order valence-corrected chi connectivity index (χ3v) is 4.42. The van der Waals surface area contributed by atoms with Gasteiger partial charge in [0.05, 0.1) is 22.4 Å². The Morgan fingerprint density at radius 1 is 1.50 bits per heavy atom. The van der Waals surface area contributed by atoms with Crippen molar-refractivity contribution >= 4 is 26.7 Å². The topological polar surface area (TPSA) is 34.2 Å². The highest BCUT2D eigenvalue weighted by atomic mass is 32.1. The number of benzene rings is 1. The van der Waals surface area contributed by atoms with E-state index < -0.39 is 0 Å². The van der Waals surface area contributed by atoms with Crippen molar-refractivity contribution in [2.75, 3.05) is 11.9 Å². The Labute approximate surface area is 111 Å². The Bertz CT molecular complexity index is 486. The minimum atomic E-state index is 0.349. The van der Waals surface area contributed by atoms with Crippen molar-refractivity contribution in [3.8, 4) is 0 Å². The number of anilines is 1. The first-order chi connectivity index (χ1) is 8.86. The van der Waals surface area contributed by atoms with Crippen LogP contribution in [0.2, 0.25) is 0 Å². The van der Waals surface area contributed by atoms with Gasteiger partial charge in [-0.25, -0.2) is 4.98 Å². The second kappa shape index (κ2) is 5.24. The van der Waals surface area contributed by atoms with Crippen molar-refractivity contribution in [1.82, 2.24) is 4.98 Å². The fourth-order valence-electron chi connectivity index (χ4n) is 2.47. The summed E-state index contributed by atoms with van der Waals surface area (Å²) in [6.07, 6.45) is 3.77. The van der Waals surface area contributed by atoms with E-state index in [9.17, 15) is 0 Å². The normalized spacial score (nSPS) is 21.3. The molecule has 1 fully saturated rings. The summed E-state index contributed by atoms with van der Waals surface area (Å²) in [6, 6.07) is 8.65. The van der Waals surface area contributed by atoms with Crippen LogP contribution in [0.3, 0.4) is 0 Å². The third kappa shape index (κ3) is 2.35. The Morgan fingerprint density at radius 3 is 3.11 bits per heavy atom. The van der Waals surface area contributed by atoms with Crippen LogP contribution in [0.4, 0.5) is 5.13 Å². The first-order valence-corrected chi connectivity index (χ1v) is 7.42. The number of hydrogen-bond acceptors (Lipinski definition) is 4. The average molecular weight is 262 g/mol. The first kappa shape index (κ1) is 11.9. The van der Waals surface area contributed by atoms with Gasteiger partial charge in [0.15, 0.2) is 5.13 Å². The molecule has 2 heterocycles. The summed E-state index contributed by atoms with van der Waals surface area (Å²) in [5, 5.41) is 4.56. The van der Waals surface area contributed by atoms with Gasteiger partial charge in [0.2, 0.25) is 0 Å². The molecule has 2 unspecified atom stereocenters. The van der Waals surface area contributed by atoms with Crippen molar-refractivity contribution < 1.29 is 4.74 Å². The van der Waals surface area contributed by atoms with Crippen LogP contribution in [0.5, 0.6) is 0 Å². The number of hydrogen-bond donors (Lipinski definition) is 1. The molecule has 3 nitrogen and oxygen atoms in total. The maximum Gasteiger partial charge on any atom is 0.184 e. The zero-order valence-electron chi connectivity index (χ0n) is 10.6. The fourth-order valence-corrected chi connectivity index (χ4v) is 3.40. The number of nitrogens with zero attached hydrogens (tertiary/aromatic N) is 1. The van der Waals surface area contributed by atoms with E-state index in [1.54, 1.807) is 11.3 Å². The van der Waals surface area contributed by atoms with E-state index in [2.05, 4.69) is 35.4 Å². The molecule has 1 aromatic carbocycles. The van der Waals surface area contributed by atoms with E-state index in [0.29, 0.717) is 12.1 Å². The molecule has 1 aliphatic heterocycles. The van der Waals surface area contributed by atoms with E-state index in [1.165, 1.54) is 11.1 Å². The Morgan fingerprint density at radius 2 is 2.39 bits per heavy atom. The zero-order valence-corrected chi connectivity index (χ0v) is 11.4. The van der Waals surface area contributed by atoms with Gasteiger partial charge in [-0.3, -0.25) is 0 Å². The van der Waals surface area contributed by atoms with Crippen molar-refractivity contribution in [3.05, 3.63) is 24.3 Å². The molecule has 0 amide bonds. The van der Waals surface area contributed by atoms with Crippen LogP contribution in [0, 0.1) is 0 Å². The molecule has 2 aromatic rings. The number of rotatable bonds is 4. The summed E-state index contributed by atoms with van der Waals surface area (Å²) >= 11 is 1.72. The van der Waals surface area contributed by atoms with E-state index in [4.69, 9.17) is 4.74 Å². The number of para-hydroxylation sites is 1. The van der Waals surface area contributed by atoms with E-state index >= 15 is 0 Å². The number of ether oxygens (including phenoxy) is 1. The van der Waals surface area contributed by atoms with Crippen molar-refractivity contribution in [3.63, 3.8) is 0 Å². The molecule has 2 atom stereocenters. The second-order valence-electron chi connectivity index (χ2n) is 4.70. The summed E-state index contributed by atoms with van der Waals surface area (Å²) in [5.41, 5.74) is 1.08. The Hall–Kier alpha value is -1.13. The lowest BCUT2D eigenvalue weighted by Crippen LogP contribution is -2.32. The largest absolute Gasteiger partial charge is 0.376 e. The smallest absolute Gasteiger partial charge is 0.184 e. The van der Waals surface area contributed by atoms with Crippen LogP contribution in [0.25, 0.3) is 10.2 Å². The van der Waals surface area contributed by atoms with Gasteiger partial charge in [0.1, 0.15) is 0 Å². The number of aromatic nitrogens is 1. The van der Waals surface area contributed by atoms with Gasteiger partial charge in [-0.15, -0.1) is 0 Å². The van der Waals surface area contributed by atoms with Gasteiger partial charge in [0, 0.05) is 6.61 Å². The molecule has 1 saturated heterocycles. The number of nitrogens with one attached hydrogen (secondary N) is 1. The predicted molar refractivity (Wildman–Crippen MR) is 76.3 cm³/mol. The SMILES string of the molecule is CCC(Nc1nc2ccccc2s1)C1CCCO1. The molecule has 0 spiro atoms. The summed E-state index contributed by atoms with van der Waals surface area (Å²) < 4.78 is 7.00. The first-order valence-electron chi connectivity index (χ1n) is 6.60. The quantitative estimate of drug-likeness (QED) is 0.913. The minimum absolute atomic E-state index is 0.349. The minimum Gasteiger partial charge on any atom is -0.376 e. The summed E-state index contributed by atoms with van der Waals surface area (Å²) in [6.45, 7) is 3.11. The maximum absolute atomic E-state index is 5.77. The van der Waals surface area contributed by atoms with E-state index in [-0.39, 0.29) is 0 Å². The molecule has 18 heavy (non-hydrogen) atoms. The number of thiazole rings is 1. The van der Waals surface area contributed by atoms with Crippen LogP contribution in [-0.2, 0) is 4.74 Å². The van der Waals surface area contributed by atoms with Crippen molar-refractivity contribution in [2.45, 2.75) is 38.3 Å². The lowest BCUT2D eigenvalue weighted by molar-refractivity contribution is 0.0943. The van der Waals surface area contributed by atoms with Crippen LogP contribution >= 0.6 is 11.3 Å². The molecular weight excluding hydrogens is 244 g/mol.